The lowest BCUT2D eigenvalue weighted by Gasteiger charge is -2.08. The highest BCUT2D eigenvalue weighted by atomic mass is 16.5. The van der Waals surface area contributed by atoms with Gasteiger partial charge in [-0.25, -0.2) is 0 Å². The van der Waals surface area contributed by atoms with E-state index in [9.17, 15) is 4.79 Å². The number of para-hydroxylation sites is 1. The predicted molar refractivity (Wildman–Crippen MR) is 109 cm³/mol. The predicted octanol–water partition coefficient (Wildman–Crippen LogP) is 4.46. The van der Waals surface area contributed by atoms with Crippen molar-refractivity contribution in [2.45, 2.75) is 13.3 Å². The normalized spacial score (nSPS) is 10.8. The molecule has 0 aliphatic carbocycles. The molecule has 0 aliphatic heterocycles. The number of anilines is 1. The quantitative estimate of drug-likeness (QED) is 0.542. The molecule has 28 heavy (non-hydrogen) atoms. The fraction of sp³-hybridized carbons (Fsp3) is 0.136. The molecule has 0 aliphatic rings. The first-order chi connectivity index (χ1) is 13.7. The lowest BCUT2D eigenvalue weighted by Crippen LogP contribution is -2.12. The van der Waals surface area contributed by atoms with Crippen LogP contribution in [0.3, 0.4) is 0 Å². The zero-order chi connectivity index (χ0) is 19.3. The Balaban J connectivity index is 1.54. The van der Waals surface area contributed by atoms with Crippen LogP contribution in [0.15, 0.2) is 72.8 Å². The molecule has 1 heterocycles. The average molecular weight is 372 g/mol. The summed E-state index contributed by atoms with van der Waals surface area (Å²) >= 11 is 0. The standard InChI is InChI=1S/C22H20N4O2/c1-2-13-28-19-10-6-7-16(14-19)22(27)23-17-11-12-20-21(15-17)25-26(24-20)18-8-4-3-5-9-18/h3-12,14-15H,2,13H2,1H3,(H,23,27). The molecule has 0 atom stereocenters. The number of fused-ring (bicyclic) bond motifs is 1. The molecule has 0 saturated carbocycles. The van der Waals surface area contributed by atoms with Gasteiger partial charge in [-0.2, -0.15) is 4.80 Å². The zero-order valence-electron chi connectivity index (χ0n) is 15.5. The van der Waals surface area contributed by atoms with Crippen molar-refractivity contribution in [3.8, 4) is 11.4 Å². The molecule has 140 valence electrons. The first kappa shape index (κ1) is 17.7. The molecule has 3 aromatic carbocycles. The Morgan fingerprint density at radius 2 is 1.79 bits per heavy atom. The molecule has 6 nitrogen and oxygen atoms in total. The number of hydrogen-bond acceptors (Lipinski definition) is 4. The number of carbonyl (C=O) groups is 1. The Labute approximate surface area is 162 Å². The van der Waals surface area contributed by atoms with Gasteiger partial charge in [0.25, 0.3) is 5.91 Å². The first-order valence-electron chi connectivity index (χ1n) is 9.19. The van der Waals surface area contributed by atoms with Crippen LogP contribution in [0.5, 0.6) is 5.75 Å². The Bertz CT molecular complexity index is 1110. The van der Waals surface area contributed by atoms with Crippen molar-refractivity contribution < 1.29 is 9.53 Å². The van der Waals surface area contributed by atoms with Gasteiger partial charge in [-0.05, 0) is 55.0 Å². The minimum Gasteiger partial charge on any atom is -0.494 e. The molecule has 4 aromatic rings. The maximum Gasteiger partial charge on any atom is 0.255 e. The van der Waals surface area contributed by atoms with Crippen molar-refractivity contribution in [2.75, 3.05) is 11.9 Å². The molecule has 0 saturated heterocycles. The Morgan fingerprint density at radius 3 is 2.61 bits per heavy atom. The highest BCUT2D eigenvalue weighted by Gasteiger charge is 2.10. The molecular weight excluding hydrogens is 352 g/mol. The number of aromatic nitrogens is 3. The monoisotopic (exact) mass is 372 g/mol. The van der Waals surface area contributed by atoms with Gasteiger partial charge in [0.15, 0.2) is 0 Å². The van der Waals surface area contributed by atoms with Crippen molar-refractivity contribution in [1.82, 2.24) is 15.0 Å². The molecule has 0 bridgehead atoms. The van der Waals surface area contributed by atoms with Crippen molar-refractivity contribution in [1.29, 1.82) is 0 Å². The van der Waals surface area contributed by atoms with Crippen LogP contribution in [0.2, 0.25) is 0 Å². The van der Waals surface area contributed by atoms with E-state index in [2.05, 4.69) is 15.5 Å². The first-order valence-corrected chi connectivity index (χ1v) is 9.19. The highest BCUT2D eigenvalue weighted by Crippen LogP contribution is 2.19. The second-order valence-electron chi connectivity index (χ2n) is 6.36. The second-order valence-corrected chi connectivity index (χ2v) is 6.36. The fourth-order valence-electron chi connectivity index (χ4n) is 2.82. The van der Waals surface area contributed by atoms with Crippen LogP contribution in [-0.2, 0) is 0 Å². The summed E-state index contributed by atoms with van der Waals surface area (Å²) in [5, 5.41) is 11.9. The van der Waals surface area contributed by atoms with E-state index in [-0.39, 0.29) is 5.91 Å². The molecule has 1 amide bonds. The van der Waals surface area contributed by atoms with Gasteiger partial charge < -0.3 is 10.1 Å². The number of benzene rings is 3. The third-order valence-electron chi connectivity index (χ3n) is 4.19. The van der Waals surface area contributed by atoms with E-state index in [0.29, 0.717) is 29.1 Å². The number of amides is 1. The Hall–Kier alpha value is -3.67. The van der Waals surface area contributed by atoms with E-state index in [1.807, 2.05) is 67.6 Å². The third-order valence-corrected chi connectivity index (χ3v) is 4.19. The SMILES string of the molecule is CCCOc1cccc(C(=O)Nc2ccc3nn(-c4ccccc4)nc3c2)c1. The maximum atomic E-state index is 12.6. The van der Waals surface area contributed by atoms with Gasteiger partial charge in [-0.3, -0.25) is 4.79 Å². The van der Waals surface area contributed by atoms with Gasteiger partial charge in [-0.1, -0.05) is 31.2 Å². The van der Waals surface area contributed by atoms with Crippen LogP contribution in [0.1, 0.15) is 23.7 Å². The van der Waals surface area contributed by atoms with Gasteiger partial charge >= 0.3 is 0 Å². The summed E-state index contributed by atoms with van der Waals surface area (Å²) in [6, 6.07) is 22.4. The van der Waals surface area contributed by atoms with Crippen LogP contribution in [0.4, 0.5) is 5.69 Å². The number of carbonyl (C=O) groups excluding carboxylic acids is 1. The van der Waals surface area contributed by atoms with Gasteiger partial charge in [-0.15, -0.1) is 10.2 Å². The second kappa shape index (κ2) is 7.92. The van der Waals surface area contributed by atoms with Gasteiger partial charge in [0.2, 0.25) is 0 Å². The number of rotatable bonds is 6. The number of nitrogens with zero attached hydrogens (tertiary/aromatic N) is 3. The maximum absolute atomic E-state index is 12.6. The molecule has 6 heteroatoms. The molecule has 0 fully saturated rings. The molecular formula is C22H20N4O2. The summed E-state index contributed by atoms with van der Waals surface area (Å²) in [5.74, 6) is 0.493. The van der Waals surface area contributed by atoms with Crippen LogP contribution in [0, 0.1) is 0 Å². The summed E-state index contributed by atoms with van der Waals surface area (Å²) in [6.07, 6.45) is 0.917. The van der Waals surface area contributed by atoms with Crippen molar-refractivity contribution in [3.05, 3.63) is 78.4 Å². The largest absolute Gasteiger partial charge is 0.494 e. The molecule has 0 radical (unpaired) electrons. The van der Waals surface area contributed by atoms with Crippen LogP contribution >= 0.6 is 0 Å². The third kappa shape index (κ3) is 3.86. The van der Waals surface area contributed by atoms with E-state index in [0.717, 1.165) is 17.6 Å². The van der Waals surface area contributed by atoms with E-state index < -0.39 is 0 Å². The lowest BCUT2D eigenvalue weighted by atomic mass is 10.2. The minimum atomic E-state index is -0.197. The smallest absolute Gasteiger partial charge is 0.255 e. The van der Waals surface area contributed by atoms with E-state index in [1.165, 1.54) is 0 Å². The van der Waals surface area contributed by atoms with Crippen LogP contribution < -0.4 is 10.1 Å². The van der Waals surface area contributed by atoms with E-state index >= 15 is 0 Å². The fourth-order valence-corrected chi connectivity index (χ4v) is 2.82. The molecule has 0 unspecified atom stereocenters. The molecule has 1 aromatic heterocycles. The summed E-state index contributed by atoms with van der Waals surface area (Å²) in [7, 11) is 0. The van der Waals surface area contributed by atoms with Crippen LogP contribution in [-0.4, -0.2) is 27.5 Å². The summed E-state index contributed by atoms with van der Waals surface area (Å²) in [4.78, 5) is 14.2. The van der Waals surface area contributed by atoms with Crippen LogP contribution in [0.25, 0.3) is 16.7 Å². The summed E-state index contributed by atoms with van der Waals surface area (Å²) in [5.41, 5.74) is 3.56. The Morgan fingerprint density at radius 1 is 0.964 bits per heavy atom. The van der Waals surface area contributed by atoms with Gasteiger partial charge in [0.1, 0.15) is 16.8 Å². The number of ether oxygens (including phenoxy) is 1. The van der Waals surface area contributed by atoms with Gasteiger partial charge in [0, 0.05) is 11.3 Å². The molecule has 0 spiro atoms. The topological polar surface area (TPSA) is 69.0 Å². The highest BCUT2D eigenvalue weighted by molar-refractivity contribution is 6.05. The molecule has 1 N–H and O–H groups in total. The average Bonchev–Trinajstić information content (AvgIpc) is 3.16. The Kier molecular flexibility index (Phi) is 5.01. The lowest BCUT2D eigenvalue weighted by molar-refractivity contribution is 0.102. The van der Waals surface area contributed by atoms with E-state index in [4.69, 9.17) is 4.74 Å². The van der Waals surface area contributed by atoms with E-state index in [1.54, 1.807) is 16.9 Å². The zero-order valence-corrected chi connectivity index (χ0v) is 15.5. The van der Waals surface area contributed by atoms with Crippen molar-refractivity contribution in [2.24, 2.45) is 0 Å². The van der Waals surface area contributed by atoms with Crippen molar-refractivity contribution in [3.63, 3.8) is 0 Å². The summed E-state index contributed by atoms with van der Waals surface area (Å²) in [6.45, 7) is 2.67. The molecule has 4 rings (SSSR count). The number of hydrogen-bond donors (Lipinski definition) is 1. The minimum absolute atomic E-state index is 0.197. The summed E-state index contributed by atoms with van der Waals surface area (Å²) < 4.78 is 5.60. The van der Waals surface area contributed by atoms with Gasteiger partial charge in [0.05, 0.1) is 12.3 Å². The van der Waals surface area contributed by atoms with Crippen molar-refractivity contribution >= 4 is 22.6 Å². The number of nitrogens with one attached hydrogen (secondary N) is 1.